The maximum Gasteiger partial charge on any atom is 0.312 e. The van der Waals surface area contributed by atoms with Gasteiger partial charge in [0.15, 0.2) is 9.84 Å². The van der Waals surface area contributed by atoms with Gasteiger partial charge in [-0.2, -0.15) is 0 Å². The molecule has 0 saturated heterocycles. The highest BCUT2D eigenvalue weighted by molar-refractivity contribution is 7.90. The van der Waals surface area contributed by atoms with Crippen molar-refractivity contribution in [3.05, 3.63) is 15.6 Å². The molecule has 0 spiro atoms. The summed E-state index contributed by atoms with van der Waals surface area (Å²) in [4.78, 5) is 16.3. The molecule has 0 N–H and O–H groups in total. The number of thiazole rings is 1. The minimum atomic E-state index is -2.97. The van der Waals surface area contributed by atoms with E-state index in [1.165, 1.54) is 11.3 Å². The van der Waals surface area contributed by atoms with E-state index in [0.717, 1.165) is 10.6 Å². The lowest BCUT2D eigenvalue weighted by Gasteiger charge is -2.09. The van der Waals surface area contributed by atoms with Gasteiger partial charge in [0.05, 0.1) is 30.2 Å². The second-order valence-electron chi connectivity index (χ2n) is 3.80. The number of hydrogen-bond donors (Lipinski definition) is 0. The van der Waals surface area contributed by atoms with Gasteiger partial charge in [0.1, 0.15) is 5.01 Å². The van der Waals surface area contributed by atoms with Crippen LogP contribution in [0.2, 0.25) is 0 Å². The van der Waals surface area contributed by atoms with Gasteiger partial charge in [0, 0.05) is 11.3 Å². The van der Waals surface area contributed by atoms with Crippen molar-refractivity contribution in [2.75, 3.05) is 12.4 Å². The number of aryl methyl sites for hydroxylation is 1. The normalized spacial score (nSPS) is 17.5. The number of rotatable bonds is 3. The van der Waals surface area contributed by atoms with Crippen LogP contribution < -0.4 is 0 Å². The SMILES string of the molecule is CCOC(=O)Cc1nc2c(s1)CS(=O)(=O)CC2. The van der Waals surface area contributed by atoms with Gasteiger partial charge in [-0.3, -0.25) is 4.79 Å². The summed E-state index contributed by atoms with van der Waals surface area (Å²) in [5.41, 5.74) is 0.823. The third kappa shape index (κ3) is 3.04. The zero-order chi connectivity index (χ0) is 12.5. The van der Waals surface area contributed by atoms with Crippen molar-refractivity contribution >= 4 is 27.1 Å². The number of carbonyl (C=O) groups is 1. The molecule has 0 fully saturated rings. The van der Waals surface area contributed by atoms with Crippen molar-refractivity contribution in [2.45, 2.75) is 25.5 Å². The monoisotopic (exact) mass is 275 g/mol. The molecule has 0 amide bonds. The van der Waals surface area contributed by atoms with E-state index in [2.05, 4.69) is 4.98 Å². The number of carbonyl (C=O) groups excluding carboxylic acids is 1. The second-order valence-corrected chi connectivity index (χ2v) is 7.15. The van der Waals surface area contributed by atoms with Crippen LogP contribution in [0.25, 0.3) is 0 Å². The van der Waals surface area contributed by atoms with Crippen LogP contribution in [0.5, 0.6) is 0 Å². The summed E-state index contributed by atoms with van der Waals surface area (Å²) in [6, 6.07) is 0. The summed E-state index contributed by atoms with van der Waals surface area (Å²) in [6.07, 6.45) is 0.586. The quantitative estimate of drug-likeness (QED) is 0.760. The summed E-state index contributed by atoms with van der Waals surface area (Å²) in [7, 11) is -2.97. The minimum absolute atomic E-state index is 0.0584. The molecule has 1 aliphatic heterocycles. The maximum absolute atomic E-state index is 11.4. The fraction of sp³-hybridized carbons (Fsp3) is 0.600. The molecular formula is C10H13NO4S2. The number of ether oxygens (including phenoxy) is 1. The Balaban J connectivity index is 2.13. The van der Waals surface area contributed by atoms with Crippen molar-refractivity contribution in [3.8, 4) is 0 Å². The van der Waals surface area contributed by atoms with Crippen molar-refractivity contribution in [3.63, 3.8) is 0 Å². The van der Waals surface area contributed by atoms with Crippen LogP contribution in [0.15, 0.2) is 0 Å². The molecule has 1 aromatic heterocycles. The molecule has 94 valence electrons. The Kier molecular flexibility index (Phi) is 3.48. The minimum Gasteiger partial charge on any atom is -0.466 e. The summed E-state index contributed by atoms with van der Waals surface area (Å²) in [6.45, 7) is 2.09. The van der Waals surface area contributed by atoms with E-state index in [9.17, 15) is 13.2 Å². The van der Waals surface area contributed by atoms with E-state index in [1.54, 1.807) is 6.92 Å². The van der Waals surface area contributed by atoms with Gasteiger partial charge < -0.3 is 4.74 Å². The largest absolute Gasteiger partial charge is 0.466 e. The van der Waals surface area contributed by atoms with Crippen LogP contribution in [0.3, 0.4) is 0 Å². The Morgan fingerprint density at radius 3 is 3.00 bits per heavy atom. The Morgan fingerprint density at radius 2 is 2.29 bits per heavy atom. The topological polar surface area (TPSA) is 73.3 Å². The highest BCUT2D eigenvalue weighted by Gasteiger charge is 2.25. The van der Waals surface area contributed by atoms with Gasteiger partial charge in [-0.05, 0) is 6.92 Å². The van der Waals surface area contributed by atoms with Gasteiger partial charge >= 0.3 is 5.97 Å². The van der Waals surface area contributed by atoms with E-state index in [-0.39, 0.29) is 23.9 Å². The Bertz CT molecular complexity index is 533. The molecule has 2 heterocycles. The number of esters is 1. The average Bonchev–Trinajstić information content (AvgIpc) is 2.57. The predicted octanol–water partition coefficient (Wildman–Crippen LogP) is 0.720. The van der Waals surface area contributed by atoms with Crippen molar-refractivity contribution < 1.29 is 17.9 Å². The molecule has 2 rings (SSSR count). The Morgan fingerprint density at radius 1 is 1.53 bits per heavy atom. The third-order valence-corrected chi connectivity index (χ3v) is 5.26. The predicted molar refractivity (Wildman–Crippen MR) is 63.6 cm³/mol. The van der Waals surface area contributed by atoms with Crippen LogP contribution in [0.4, 0.5) is 0 Å². The number of hydrogen-bond acceptors (Lipinski definition) is 6. The van der Waals surface area contributed by atoms with Crippen LogP contribution in [-0.4, -0.2) is 31.7 Å². The first-order valence-corrected chi connectivity index (χ1v) is 7.97. The lowest BCUT2D eigenvalue weighted by molar-refractivity contribution is -0.142. The summed E-state index contributed by atoms with van der Waals surface area (Å²) in [5.74, 6) is -0.104. The molecule has 1 aliphatic rings. The van der Waals surface area contributed by atoms with E-state index in [1.807, 2.05) is 0 Å². The van der Waals surface area contributed by atoms with Crippen LogP contribution in [-0.2, 0) is 38.0 Å². The second kappa shape index (κ2) is 4.73. The van der Waals surface area contributed by atoms with Gasteiger partial charge in [-0.1, -0.05) is 0 Å². The molecule has 1 aromatic rings. The highest BCUT2D eigenvalue weighted by atomic mass is 32.2. The zero-order valence-electron chi connectivity index (χ0n) is 9.43. The lowest BCUT2D eigenvalue weighted by Crippen LogP contribution is -2.17. The molecule has 0 unspecified atom stereocenters. The third-order valence-electron chi connectivity index (χ3n) is 2.42. The fourth-order valence-electron chi connectivity index (χ4n) is 1.68. The molecule has 0 bridgehead atoms. The van der Waals surface area contributed by atoms with E-state index >= 15 is 0 Å². The molecule has 0 radical (unpaired) electrons. The smallest absolute Gasteiger partial charge is 0.312 e. The number of aromatic nitrogens is 1. The average molecular weight is 275 g/mol. The van der Waals surface area contributed by atoms with Crippen LogP contribution >= 0.6 is 11.3 Å². The van der Waals surface area contributed by atoms with E-state index in [0.29, 0.717) is 18.0 Å². The highest BCUT2D eigenvalue weighted by Crippen LogP contribution is 2.26. The van der Waals surface area contributed by atoms with Gasteiger partial charge in [0.25, 0.3) is 0 Å². The van der Waals surface area contributed by atoms with E-state index in [4.69, 9.17) is 4.74 Å². The van der Waals surface area contributed by atoms with Crippen molar-refractivity contribution in [1.29, 1.82) is 0 Å². The number of fused-ring (bicyclic) bond motifs is 1. The first kappa shape index (κ1) is 12.5. The molecule has 0 saturated carbocycles. The molecule has 17 heavy (non-hydrogen) atoms. The summed E-state index contributed by atoms with van der Waals surface area (Å²) in [5, 5.41) is 0.644. The maximum atomic E-state index is 11.4. The number of nitrogens with zero attached hydrogens (tertiary/aromatic N) is 1. The van der Waals surface area contributed by atoms with Crippen molar-refractivity contribution in [2.24, 2.45) is 0 Å². The zero-order valence-corrected chi connectivity index (χ0v) is 11.1. The lowest BCUT2D eigenvalue weighted by atomic mass is 10.3. The first-order chi connectivity index (χ1) is 8.00. The van der Waals surface area contributed by atoms with Crippen molar-refractivity contribution in [1.82, 2.24) is 4.98 Å². The van der Waals surface area contributed by atoms with Crippen LogP contribution in [0, 0.1) is 0 Å². The molecule has 5 nitrogen and oxygen atoms in total. The Hall–Kier alpha value is -0.950. The summed E-state index contributed by atoms with van der Waals surface area (Å²) >= 11 is 1.30. The Labute approximate surface area is 104 Å². The van der Waals surface area contributed by atoms with Crippen LogP contribution in [0.1, 0.15) is 22.5 Å². The van der Waals surface area contributed by atoms with Gasteiger partial charge in [-0.25, -0.2) is 13.4 Å². The fourth-order valence-corrected chi connectivity index (χ4v) is 4.57. The number of sulfone groups is 1. The molecule has 7 heteroatoms. The molecular weight excluding hydrogens is 262 g/mol. The first-order valence-electron chi connectivity index (χ1n) is 5.33. The summed E-state index contributed by atoms with van der Waals surface area (Å²) < 4.78 is 27.7. The van der Waals surface area contributed by atoms with Gasteiger partial charge in [-0.15, -0.1) is 11.3 Å². The molecule has 0 aromatic carbocycles. The van der Waals surface area contributed by atoms with Gasteiger partial charge in [0.2, 0.25) is 0 Å². The standard InChI is InChI=1S/C10H13NO4S2/c1-2-15-10(12)5-9-11-7-3-4-17(13,14)6-8(7)16-9/h2-6H2,1H3. The molecule has 0 aliphatic carbocycles. The van der Waals surface area contributed by atoms with E-state index < -0.39 is 9.84 Å². The molecule has 0 atom stereocenters.